The van der Waals surface area contributed by atoms with Crippen LogP contribution < -0.4 is 0 Å². The topological polar surface area (TPSA) is 53.1 Å². The number of hydrogen-bond donors (Lipinski definition) is 0. The number of carbonyl (C=O) groups excluding carboxylic acids is 2. The zero-order valence-electron chi connectivity index (χ0n) is 17.0. The van der Waals surface area contributed by atoms with Gasteiger partial charge in [-0.15, -0.1) is 11.3 Å². The molecule has 7 heteroatoms. The zero-order chi connectivity index (χ0) is 19.9. The average Bonchev–Trinajstić information content (AvgIpc) is 3.32. The Kier molecular flexibility index (Phi) is 7.65. The van der Waals surface area contributed by atoms with E-state index in [9.17, 15) is 9.59 Å². The number of nitrogens with zero attached hydrogens (tertiary/aromatic N) is 3. The van der Waals surface area contributed by atoms with E-state index in [1.807, 2.05) is 17.5 Å². The summed E-state index contributed by atoms with van der Waals surface area (Å²) in [5.74, 6) is -0.305. The third-order valence-electron chi connectivity index (χ3n) is 5.36. The Balaban J connectivity index is 1.71. The van der Waals surface area contributed by atoms with Crippen LogP contribution >= 0.6 is 11.3 Å². The maximum Gasteiger partial charge on any atom is 0.277 e. The minimum atomic E-state index is -0.158. The van der Waals surface area contributed by atoms with Crippen molar-refractivity contribution in [3.8, 4) is 0 Å². The Hall–Kier alpha value is -1.70. The number of rotatable bonds is 10. The molecule has 28 heavy (non-hydrogen) atoms. The summed E-state index contributed by atoms with van der Waals surface area (Å²) in [7, 11) is 0. The second-order valence-electron chi connectivity index (χ2n) is 7.20. The standard InChI is InChI=1S/C21H31N3O3S/c1-3-5-14-27-15-7-9-24-20(25)18(17-8-6-16-28-17)19(21(24)26)23-12-10-22(4-2)11-13-23/h6,8,16H,3-5,7,9-15H2,1-2H3. The van der Waals surface area contributed by atoms with Crippen molar-refractivity contribution < 1.29 is 14.3 Å². The van der Waals surface area contributed by atoms with E-state index in [1.165, 1.54) is 16.2 Å². The van der Waals surface area contributed by atoms with Crippen LogP contribution in [0.3, 0.4) is 0 Å². The number of thiophene rings is 1. The molecule has 0 N–H and O–H groups in total. The summed E-state index contributed by atoms with van der Waals surface area (Å²) in [5, 5.41) is 1.96. The molecule has 3 heterocycles. The second-order valence-corrected chi connectivity index (χ2v) is 8.15. The van der Waals surface area contributed by atoms with Crippen LogP contribution in [0.4, 0.5) is 0 Å². The van der Waals surface area contributed by atoms with Crippen molar-refractivity contribution >= 4 is 28.7 Å². The van der Waals surface area contributed by atoms with E-state index in [-0.39, 0.29) is 11.8 Å². The summed E-state index contributed by atoms with van der Waals surface area (Å²) in [4.78, 5) is 33.1. The zero-order valence-corrected chi connectivity index (χ0v) is 17.8. The Bertz CT molecular complexity index is 694. The minimum absolute atomic E-state index is 0.146. The Morgan fingerprint density at radius 3 is 2.43 bits per heavy atom. The summed E-state index contributed by atoms with van der Waals surface area (Å²) in [6.07, 6.45) is 2.82. The monoisotopic (exact) mass is 405 g/mol. The molecule has 6 nitrogen and oxygen atoms in total. The highest BCUT2D eigenvalue weighted by Crippen LogP contribution is 2.34. The van der Waals surface area contributed by atoms with Gasteiger partial charge in [0.1, 0.15) is 5.70 Å². The molecule has 1 aromatic rings. The fourth-order valence-corrected chi connectivity index (χ4v) is 4.43. The Morgan fingerprint density at radius 2 is 1.79 bits per heavy atom. The molecular formula is C21H31N3O3S. The highest BCUT2D eigenvalue weighted by molar-refractivity contribution is 7.11. The van der Waals surface area contributed by atoms with Crippen LogP contribution in [0.15, 0.2) is 23.2 Å². The van der Waals surface area contributed by atoms with Gasteiger partial charge in [0.25, 0.3) is 11.8 Å². The molecule has 2 aliphatic rings. The van der Waals surface area contributed by atoms with Gasteiger partial charge >= 0.3 is 0 Å². The van der Waals surface area contributed by atoms with Crippen molar-refractivity contribution in [3.63, 3.8) is 0 Å². The van der Waals surface area contributed by atoms with E-state index in [0.717, 1.165) is 57.0 Å². The molecule has 0 spiro atoms. The van der Waals surface area contributed by atoms with Crippen molar-refractivity contribution in [2.45, 2.75) is 33.1 Å². The molecule has 1 aromatic heterocycles. The molecule has 0 aromatic carbocycles. The quantitative estimate of drug-likeness (QED) is 0.443. The lowest BCUT2D eigenvalue weighted by Gasteiger charge is -2.35. The van der Waals surface area contributed by atoms with Gasteiger partial charge in [-0.2, -0.15) is 0 Å². The molecule has 1 fully saturated rings. The van der Waals surface area contributed by atoms with Crippen molar-refractivity contribution in [1.82, 2.24) is 14.7 Å². The summed E-state index contributed by atoms with van der Waals surface area (Å²) in [5.41, 5.74) is 1.17. The predicted octanol–water partition coefficient (Wildman–Crippen LogP) is 2.67. The van der Waals surface area contributed by atoms with Gasteiger partial charge in [0, 0.05) is 50.8 Å². The normalized spacial score (nSPS) is 18.6. The number of unbranched alkanes of at least 4 members (excludes halogenated alkanes) is 1. The maximum atomic E-state index is 13.2. The van der Waals surface area contributed by atoms with Gasteiger partial charge in [-0.3, -0.25) is 14.5 Å². The fraction of sp³-hybridized carbons (Fsp3) is 0.619. The molecule has 3 rings (SSSR count). The van der Waals surface area contributed by atoms with Gasteiger partial charge in [0.15, 0.2) is 0 Å². The van der Waals surface area contributed by atoms with Gasteiger partial charge in [-0.1, -0.05) is 26.3 Å². The average molecular weight is 406 g/mol. The van der Waals surface area contributed by atoms with Crippen LogP contribution in [0.1, 0.15) is 38.0 Å². The van der Waals surface area contributed by atoms with Crippen molar-refractivity contribution in [2.75, 3.05) is 52.5 Å². The molecule has 0 atom stereocenters. The number of carbonyl (C=O) groups is 2. The lowest BCUT2D eigenvalue weighted by Crippen LogP contribution is -2.47. The highest BCUT2D eigenvalue weighted by Gasteiger charge is 2.42. The van der Waals surface area contributed by atoms with Crippen molar-refractivity contribution in [2.24, 2.45) is 0 Å². The second kappa shape index (κ2) is 10.2. The van der Waals surface area contributed by atoms with Crippen LogP contribution in [0.2, 0.25) is 0 Å². The van der Waals surface area contributed by atoms with E-state index in [2.05, 4.69) is 23.6 Å². The lowest BCUT2D eigenvalue weighted by atomic mass is 10.1. The van der Waals surface area contributed by atoms with Crippen LogP contribution in [0, 0.1) is 0 Å². The molecule has 0 aliphatic carbocycles. The van der Waals surface area contributed by atoms with Crippen molar-refractivity contribution in [3.05, 3.63) is 28.1 Å². The summed E-state index contributed by atoms with van der Waals surface area (Å²) in [6, 6.07) is 3.87. The predicted molar refractivity (Wildman–Crippen MR) is 112 cm³/mol. The maximum absolute atomic E-state index is 13.2. The third kappa shape index (κ3) is 4.64. The van der Waals surface area contributed by atoms with Crippen LogP contribution in [0.25, 0.3) is 5.57 Å². The highest BCUT2D eigenvalue weighted by atomic mass is 32.1. The number of piperazine rings is 1. The van der Waals surface area contributed by atoms with E-state index >= 15 is 0 Å². The minimum Gasteiger partial charge on any atom is -0.381 e. The number of ether oxygens (including phenoxy) is 1. The SMILES string of the molecule is CCCCOCCCN1C(=O)C(c2cccs2)=C(N2CCN(CC)CC2)C1=O. The first kappa shape index (κ1) is 21.0. The van der Waals surface area contributed by atoms with Crippen molar-refractivity contribution in [1.29, 1.82) is 0 Å². The number of hydrogen-bond acceptors (Lipinski definition) is 6. The van der Waals surface area contributed by atoms with E-state index < -0.39 is 0 Å². The Labute approximate surface area is 171 Å². The first-order valence-corrected chi connectivity index (χ1v) is 11.2. The molecular weight excluding hydrogens is 374 g/mol. The summed E-state index contributed by atoms with van der Waals surface area (Å²) >= 11 is 1.52. The van der Waals surface area contributed by atoms with Gasteiger partial charge in [-0.05, 0) is 30.8 Å². The molecule has 0 unspecified atom stereocenters. The Morgan fingerprint density at radius 1 is 1.04 bits per heavy atom. The van der Waals surface area contributed by atoms with Gasteiger partial charge in [-0.25, -0.2) is 0 Å². The largest absolute Gasteiger partial charge is 0.381 e. The summed E-state index contributed by atoms with van der Waals surface area (Å²) < 4.78 is 5.59. The molecule has 0 bridgehead atoms. The van der Waals surface area contributed by atoms with E-state index in [4.69, 9.17) is 4.74 Å². The van der Waals surface area contributed by atoms with Crippen LogP contribution in [-0.4, -0.2) is 79.0 Å². The van der Waals surface area contributed by atoms with Gasteiger partial charge in [0.05, 0.1) is 5.57 Å². The third-order valence-corrected chi connectivity index (χ3v) is 6.25. The molecule has 0 saturated carbocycles. The smallest absolute Gasteiger partial charge is 0.277 e. The molecule has 0 radical (unpaired) electrons. The number of amides is 2. The molecule has 154 valence electrons. The van der Waals surface area contributed by atoms with Crippen LogP contribution in [0.5, 0.6) is 0 Å². The van der Waals surface area contributed by atoms with Crippen LogP contribution in [-0.2, 0) is 14.3 Å². The summed E-state index contributed by atoms with van der Waals surface area (Å²) in [6.45, 7) is 10.4. The van der Waals surface area contributed by atoms with E-state index in [1.54, 1.807) is 0 Å². The van der Waals surface area contributed by atoms with Gasteiger partial charge in [0.2, 0.25) is 0 Å². The first-order valence-electron chi connectivity index (χ1n) is 10.4. The fourth-order valence-electron chi connectivity index (χ4n) is 3.66. The number of imide groups is 1. The van der Waals surface area contributed by atoms with Gasteiger partial charge < -0.3 is 14.5 Å². The van der Waals surface area contributed by atoms with E-state index in [0.29, 0.717) is 30.8 Å². The first-order chi connectivity index (χ1) is 13.7. The lowest BCUT2D eigenvalue weighted by molar-refractivity contribution is -0.137. The number of likely N-dealkylation sites (N-methyl/N-ethyl adjacent to an activating group) is 1. The molecule has 2 amide bonds. The molecule has 1 saturated heterocycles. The molecule has 2 aliphatic heterocycles.